The van der Waals surface area contributed by atoms with Gasteiger partial charge < -0.3 is 14.6 Å². The van der Waals surface area contributed by atoms with Crippen molar-refractivity contribution < 1.29 is 14.6 Å². The molecule has 1 saturated carbocycles. The summed E-state index contributed by atoms with van der Waals surface area (Å²) >= 11 is 0. The van der Waals surface area contributed by atoms with Crippen LogP contribution in [0.25, 0.3) is 0 Å². The number of ether oxygens (including phenoxy) is 2. The molecule has 0 aromatic carbocycles. The summed E-state index contributed by atoms with van der Waals surface area (Å²) in [5.74, 6) is 1.30. The Hall–Kier alpha value is -0.120. The average Bonchev–Trinajstić information content (AvgIpc) is 2.61. The van der Waals surface area contributed by atoms with Crippen LogP contribution in [0.5, 0.6) is 0 Å². The second kappa shape index (κ2) is 4.63. The van der Waals surface area contributed by atoms with Crippen molar-refractivity contribution in [3.63, 3.8) is 0 Å². The second-order valence-corrected chi connectivity index (χ2v) is 5.78. The van der Waals surface area contributed by atoms with Crippen LogP contribution in [0.1, 0.15) is 40.0 Å². The van der Waals surface area contributed by atoms with E-state index in [1.165, 1.54) is 12.8 Å². The van der Waals surface area contributed by atoms with Crippen molar-refractivity contribution >= 4 is 0 Å². The Morgan fingerprint density at radius 2 is 2.12 bits per heavy atom. The summed E-state index contributed by atoms with van der Waals surface area (Å²) in [7, 11) is 0. The Morgan fingerprint density at radius 3 is 2.69 bits per heavy atom. The third-order valence-electron chi connectivity index (χ3n) is 4.06. The standard InChI is InChI=1S/C13H24O3/c1-9(2)12-5-4-10(3)6-13(12)15-8-11(7-14)16-13/h9-12,14H,4-8H2,1-3H3/t10-,11?,12+,13?/m1/s1. The highest BCUT2D eigenvalue weighted by atomic mass is 16.7. The molecular formula is C13H24O3. The van der Waals surface area contributed by atoms with Crippen LogP contribution in [0, 0.1) is 17.8 Å². The average molecular weight is 228 g/mol. The highest BCUT2D eigenvalue weighted by Crippen LogP contribution is 2.47. The van der Waals surface area contributed by atoms with E-state index in [0.717, 1.165) is 6.42 Å². The number of aliphatic hydroxyl groups excluding tert-OH is 1. The molecule has 1 aliphatic heterocycles. The summed E-state index contributed by atoms with van der Waals surface area (Å²) in [5, 5.41) is 9.17. The van der Waals surface area contributed by atoms with Gasteiger partial charge in [-0.1, -0.05) is 27.2 Å². The Balaban J connectivity index is 2.13. The zero-order chi connectivity index (χ0) is 11.8. The van der Waals surface area contributed by atoms with Crippen LogP contribution in [0.3, 0.4) is 0 Å². The van der Waals surface area contributed by atoms with Crippen LogP contribution in [-0.4, -0.2) is 30.2 Å². The summed E-state index contributed by atoms with van der Waals surface area (Å²) in [4.78, 5) is 0. The normalized spacial score (nSPS) is 44.4. The minimum absolute atomic E-state index is 0.0704. The predicted molar refractivity (Wildman–Crippen MR) is 62.0 cm³/mol. The van der Waals surface area contributed by atoms with Crippen LogP contribution < -0.4 is 0 Å². The van der Waals surface area contributed by atoms with E-state index >= 15 is 0 Å². The van der Waals surface area contributed by atoms with Crippen LogP contribution in [0.15, 0.2) is 0 Å². The molecule has 94 valence electrons. The van der Waals surface area contributed by atoms with Crippen molar-refractivity contribution in [1.82, 2.24) is 0 Å². The lowest BCUT2D eigenvalue weighted by atomic mass is 9.73. The molecule has 16 heavy (non-hydrogen) atoms. The molecule has 1 N–H and O–H groups in total. The molecule has 2 aliphatic rings. The number of aliphatic hydroxyl groups is 1. The maximum absolute atomic E-state index is 9.17. The molecule has 2 rings (SSSR count). The van der Waals surface area contributed by atoms with Gasteiger partial charge in [-0.3, -0.25) is 0 Å². The van der Waals surface area contributed by atoms with Crippen molar-refractivity contribution in [2.75, 3.05) is 13.2 Å². The molecule has 1 saturated heterocycles. The first kappa shape index (κ1) is 12.3. The summed E-state index contributed by atoms with van der Waals surface area (Å²) in [6, 6.07) is 0. The van der Waals surface area contributed by atoms with E-state index in [9.17, 15) is 0 Å². The van der Waals surface area contributed by atoms with Crippen molar-refractivity contribution in [2.24, 2.45) is 17.8 Å². The van der Waals surface area contributed by atoms with E-state index in [2.05, 4.69) is 20.8 Å². The Labute approximate surface area is 98.1 Å². The fourth-order valence-corrected chi connectivity index (χ4v) is 3.24. The number of rotatable bonds is 2. The molecule has 4 atom stereocenters. The van der Waals surface area contributed by atoms with Crippen LogP contribution in [0.2, 0.25) is 0 Å². The lowest BCUT2D eigenvalue weighted by molar-refractivity contribution is -0.240. The van der Waals surface area contributed by atoms with E-state index in [-0.39, 0.29) is 12.7 Å². The minimum Gasteiger partial charge on any atom is -0.394 e. The van der Waals surface area contributed by atoms with Gasteiger partial charge in [-0.15, -0.1) is 0 Å². The van der Waals surface area contributed by atoms with Gasteiger partial charge in [0.05, 0.1) is 13.2 Å². The summed E-state index contributed by atoms with van der Waals surface area (Å²) < 4.78 is 12.0. The highest BCUT2D eigenvalue weighted by molar-refractivity contribution is 4.92. The van der Waals surface area contributed by atoms with Gasteiger partial charge in [-0.2, -0.15) is 0 Å². The summed E-state index contributed by atoms with van der Waals surface area (Å²) in [5.41, 5.74) is 0. The topological polar surface area (TPSA) is 38.7 Å². The van der Waals surface area contributed by atoms with Crippen LogP contribution in [0.4, 0.5) is 0 Å². The fourth-order valence-electron chi connectivity index (χ4n) is 3.24. The van der Waals surface area contributed by atoms with E-state index in [1.54, 1.807) is 0 Å². The quantitative estimate of drug-likeness (QED) is 0.787. The van der Waals surface area contributed by atoms with Crippen molar-refractivity contribution in [3.8, 4) is 0 Å². The molecular weight excluding hydrogens is 204 g/mol. The Morgan fingerprint density at radius 1 is 1.38 bits per heavy atom. The third kappa shape index (κ3) is 2.13. The van der Waals surface area contributed by atoms with E-state index in [0.29, 0.717) is 24.4 Å². The molecule has 0 radical (unpaired) electrons. The Kier molecular flexibility index (Phi) is 3.57. The molecule has 2 unspecified atom stereocenters. The molecule has 0 aromatic rings. The van der Waals surface area contributed by atoms with Gasteiger partial charge in [0.1, 0.15) is 6.10 Å². The van der Waals surface area contributed by atoms with Gasteiger partial charge in [-0.05, 0) is 18.3 Å². The monoisotopic (exact) mass is 228 g/mol. The second-order valence-electron chi connectivity index (χ2n) is 5.78. The van der Waals surface area contributed by atoms with Crippen LogP contribution in [-0.2, 0) is 9.47 Å². The van der Waals surface area contributed by atoms with Gasteiger partial charge in [0.15, 0.2) is 5.79 Å². The third-order valence-corrected chi connectivity index (χ3v) is 4.06. The van der Waals surface area contributed by atoms with Gasteiger partial charge >= 0.3 is 0 Å². The highest BCUT2D eigenvalue weighted by Gasteiger charge is 2.51. The predicted octanol–water partition coefficient (Wildman–Crippen LogP) is 2.18. The van der Waals surface area contributed by atoms with Gasteiger partial charge in [0.2, 0.25) is 0 Å². The lowest BCUT2D eigenvalue weighted by Crippen LogP contribution is -2.47. The molecule has 3 heteroatoms. The van der Waals surface area contributed by atoms with Crippen molar-refractivity contribution in [1.29, 1.82) is 0 Å². The SMILES string of the molecule is CC(C)[C@@H]1CC[C@@H](C)CC12OCC(CO)O2. The molecule has 0 aromatic heterocycles. The first-order valence-electron chi connectivity index (χ1n) is 6.50. The largest absolute Gasteiger partial charge is 0.394 e. The summed E-state index contributed by atoms with van der Waals surface area (Å²) in [6.07, 6.45) is 3.30. The van der Waals surface area contributed by atoms with Crippen molar-refractivity contribution in [3.05, 3.63) is 0 Å². The number of hydrogen-bond donors (Lipinski definition) is 1. The van der Waals surface area contributed by atoms with E-state index in [4.69, 9.17) is 14.6 Å². The first-order chi connectivity index (χ1) is 7.57. The maximum atomic E-state index is 9.17. The van der Waals surface area contributed by atoms with Gasteiger partial charge in [0.25, 0.3) is 0 Å². The minimum atomic E-state index is -0.404. The lowest BCUT2D eigenvalue weighted by Gasteiger charge is -2.44. The first-order valence-corrected chi connectivity index (χ1v) is 6.50. The smallest absolute Gasteiger partial charge is 0.172 e. The van der Waals surface area contributed by atoms with Gasteiger partial charge in [-0.25, -0.2) is 0 Å². The summed E-state index contributed by atoms with van der Waals surface area (Å²) in [6.45, 7) is 7.35. The maximum Gasteiger partial charge on any atom is 0.172 e. The fraction of sp³-hybridized carbons (Fsp3) is 1.00. The van der Waals surface area contributed by atoms with Gasteiger partial charge in [0, 0.05) is 12.3 Å². The molecule has 2 fully saturated rings. The molecule has 1 aliphatic carbocycles. The molecule has 3 nitrogen and oxygen atoms in total. The zero-order valence-electron chi connectivity index (χ0n) is 10.6. The molecule has 0 amide bonds. The molecule has 1 spiro atoms. The molecule has 0 bridgehead atoms. The van der Waals surface area contributed by atoms with Crippen LogP contribution >= 0.6 is 0 Å². The van der Waals surface area contributed by atoms with Crippen molar-refractivity contribution in [2.45, 2.75) is 51.9 Å². The zero-order valence-corrected chi connectivity index (χ0v) is 10.6. The van der Waals surface area contributed by atoms with E-state index < -0.39 is 5.79 Å². The molecule has 1 heterocycles. The number of hydrogen-bond acceptors (Lipinski definition) is 3. The van der Waals surface area contributed by atoms with E-state index in [1.807, 2.05) is 0 Å². The Bertz CT molecular complexity index is 241.